The van der Waals surface area contributed by atoms with E-state index < -0.39 is 26.5 Å². The zero-order valence-corrected chi connectivity index (χ0v) is 45.2. The van der Waals surface area contributed by atoms with Crippen molar-refractivity contribution >= 4 is 19.8 Å². The van der Waals surface area contributed by atoms with Crippen molar-refractivity contribution in [3.63, 3.8) is 0 Å². The topological polar surface area (TPSA) is 108 Å². The number of nitrogens with zero attached hydrogens (tertiary/aromatic N) is 1. The highest BCUT2D eigenvalue weighted by Gasteiger charge is 2.27. The summed E-state index contributed by atoms with van der Waals surface area (Å²) < 4.78 is 34.5. The standard InChI is InChI=1S/C58H102NO8P/c1-6-8-10-12-14-16-18-20-21-22-23-24-25-26-27-28-29-30-31-32-33-34-35-36-37-39-41-43-45-47-49-51-58(61)67-56(55-66-68(62,63)65-53-52-59(3,4)5)54-64-57(60)50-48-46-44-42-40-38-19-17-15-13-11-9-7-2/h8,10,14,16,20-21,23-24,26-27,29-30,32-33,56H,6-7,9,11-13,15,17-19,22,25,28,31,34-55H2,1-5H3/p+1/b10-8-,16-14-,21-20-,24-23-,27-26-,30-29-,33-32-. The van der Waals surface area contributed by atoms with Crippen LogP contribution in [0.5, 0.6) is 0 Å². The molecule has 0 aliphatic rings. The summed E-state index contributed by atoms with van der Waals surface area (Å²) in [6.07, 6.45) is 65.0. The Morgan fingerprint density at radius 3 is 1.25 bits per heavy atom. The van der Waals surface area contributed by atoms with E-state index in [2.05, 4.69) is 98.9 Å². The van der Waals surface area contributed by atoms with E-state index in [-0.39, 0.29) is 32.0 Å². The third kappa shape index (κ3) is 52.6. The molecule has 0 spiro atoms. The van der Waals surface area contributed by atoms with Crippen molar-refractivity contribution < 1.29 is 42.1 Å². The quantitative estimate of drug-likeness (QED) is 0.0211. The molecule has 2 atom stereocenters. The summed E-state index contributed by atoms with van der Waals surface area (Å²) >= 11 is 0. The highest BCUT2D eigenvalue weighted by molar-refractivity contribution is 7.47. The maximum atomic E-state index is 12.8. The first kappa shape index (κ1) is 65.2. The molecule has 9 nitrogen and oxygen atoms in total. The molecule has 0 radical (unpaired) electrons. The predicted octanol–water partition coefficient (Wildman–Crippen LogP) is 16.7. The number of allylic oxidation sites excluding steroid dienone is 14. The molecule has 0 bridgehead atoms. The molecule has 0 aliphatic heterocycles. The van der Waals surface area contributed by atoms with Crippen molar-refractivity contribution in [3.05, 3.63) is 85.1 Å². The van der Waals surface area contributed by atoms with Gasteiger partial charge >= 0.3 is 19.8 Å². The first-order chi connectivity index (χ1) is 33.0. The average molecular weight is 973 g/mol. The third-order valence-corrected chi connectivity index (χ3v) is 12.4. The second kappa shape index (κ2) is 49.2. The molecular weight excluding hydrogens is 870 g/mol. The zero-order valence-electron chi connectivity index (χ0n) is 44.3. The van der Waals surface area contributed by atoms with Crippen LogP contribution < -0.4 is 0 Å². The lowest BCUT2D eigenvalue weighted by Gasteiger charge is -2.24. The Bertz CT molecular complexity index is 1420. The van der Waals surface area contributed by atoms with Gasteiger partial charge in [-0.3, -0.25) is 18.6 Å². The van der Waals surface area contributed by atoms with E-state index in [4.69, 9.17) is 18.5 Å². The minimum atomic E-state index is -4.38. The van der Waals surface area contributed by atoms with Crippen LogP contribution in [0.2, 0.25) is 0 Å². The smallest absolute Gasteiger partial charge is 0.462 e. The number of esters is 2. The molecule has 0 saturated heterocycles. The minimum Gasteiger partial charge on any atom is -0.462 e. The second-order valence-electron chi connectivity index (χ2n) is 19.2. The summed E-state index contributed by atoms with van der Waals surface area (Å²) in [5, 5.41) is 0. The summed E-state index contributed by atoms with van der Waals surface area (Å²) in [6.45, 7) is 4.31. The molecule has 0 aromatic heterocycles. The number of quaternary nitrogens is 1. The van der Waals surface area contributed by atoms with Gasteiger partial charge in [-0.05, 0) is 70.6 Å². The van der Waals surface area contributed by atoms with Crippen molar-refractivity contribution in [1.82, 2.24) is 0 Å². The molecule has 0 amide bonds. The molecule has 0 heterocycles. The molecule has 0 aliphatic carbocycles. The van der Waals surface area contributed by atoms with Crippen LogP contribution in [-0.4, -0.2) is 74.9 Å². The highest BCUT2D eigenvalue weighted by atomic mass is 31.2. The molecule has 0 fully saturated rings. The van der Waals surface area contributed by atoms with Crippen molar-refractivity contribution in [1.29, 1.82) is 0 Å². The second-order valence-corrected chi connectivity index (χ2v) is 20.7. The Hall–Kier alpha value is -2.81. The fourth-order valence-electron chi connectivity index (χ4n) is 7.23. The normalized spacial score (nSPS) is 14.0. The van der Waals surface area contributed by atoms with Crippen LogP contribution in [0, 0.1) is 0 Å². The Labute approximate surface area is 418 Å². The van der Waals surface area contributed by atoms with E-state index in [0.29, 0.717) is 17.4 Å². The third-order valence-electron chi connectivity index (χ3n) is 11.4. The fourth-order valence-corrected chi connectivity index (χ4v) is 7.97. The molecule has 0 aromatic carbocycles. The van der Waals surface area contributed by atoms with Gasteiger partial charge in [0, 0.05) is 12.8 Å². The van der Waals surface area contributed by atoms with E-state index in [1.807, 2.05) is 21.1 Å². The van der Waals surface area contributed by atoms with Gasteiger partial charge in [-0.15, -0.1) is 0 Å². The van der Waals surface area contributed by atoms with Gasteiger partial charge in [-0.1, -0.05) is 221 Å². The van der Waals surface area contributed by atoms with Crippen molar-refractivity contribution in [2.24, 2.45) is 0 Å². The molecule has 1 N–H and O–H groups in total. The SMILES string of the molecule is CC/C=C\C/C=C\C/C=C\C/C=C\C/C=C\C/C=C\C/C=C\CCCCCCCCCCCC(=O)OC(COC(=O)CCCCCCCCCCCCCCC)COP(=O)(O)OCC[N+](C)(C)C. The van der Waals surface area contributed by atoms with Gasteiger partial charge in [-0.25, -0.2) is 4.57 Å². The summed E-state index contributed by atoms with van der Waals surface area (Å²) in [5.74, 6) is -0.804. The molecule has 0 rings (SSSR count). The van der Waals surface area contributed by atoms with Gasteiger partial charge in [0.2, 0.25) is 0 Å². The Morgan fingerprint density at radius 1 is 0.471 bits per heavy atom. The number of carbonyl (C=O) groups is 2. The Kier molecular flexibility index (Phi) is 47.2. The van der Waals surface area contributed by atoms with Gasteiger partial charge in [0.25, 0.3) is 0 Å². The molecular formula is C58H103NO8P+. The maximum absolute atomic E-state index is 12.8. The summed E-state index contributed by atoms with van der Waals surface area (Å²) in [5.41, 5.74) is 0. The van der Waals surface area contributed by atoms with Crippen LogP contribution in [0.15, 0.2) is 85.1 Å². The van der Waals surface area contributed by atoms with E-state index in [1.54, 1.807) is 0 Å². The Morgan fingerprint density at radius 2 is 0.838 bits per heavy atom. The number of unbranched alkanes of at least 4 members (excludes halogenated alkanes) is 21. The molecule has 0 saturated carbocycles. The number of rotatable bonds is 49. The largest absolute Gasteiger partial charge is 0.472 e. The summed E-state index contributed by atoms with van der Waals surface area (Å²) in [7, 11) is 1.47. The van der Waals surface area contributed by atoms with Crippen LogP contribution in [0.1, 0.15) is 219 Å². The molecule has 0 aromatic rings. The lowest BCUT2D eigenvalue weighted by atomic mass is 10.0. The number of hydrogen-bond acceptors (Lipinski definition) is 7. The van der Waals surface area contributed by atoms with Crippen molar-refractivity contribution in [2.75, 3.05) is 47.5 Å². The van der Waals surface area contributed by atoms with Gasteiger partial charge in [-0.2, -0.15) is 0 Å². The predicted molar refractivity (Wildman–Crippen MR) is 289 cm³/mol. The number of phosphoric acid groups is 1. The van der Waals surface area contributed by atoms with Crippen LogP contribution in [0.25, 0.3) is 0 Å². The van der Waals surface area contributed by atoms with E-state index in [9.17, 15) is 19.0 Å². The van der Waals surface area contributed by atoms with Crippen LogP contribution in [0.3, 0.4) is 0 Å². The van der Waals surface area contributed by atoms with Crippen LogP contribution in [0.4, 0.5) is 0 Å². The monoisotopic (exact) mass is 973 g/mol. The summed E-state index contributed by atoms with van der Waals surface area (Å²) in [4.78, 5) is 35.6. The zero-order chi connectivity index (χ0) is 49.9. The lowest BCUT2D eigenvalue weighted by molar-refractivity contribution is -0.870. The van der Waals surface area contributed by atoms with Gasteiger partial charge in [0.1, 0.15) is 19.8 Å². The molecule has 10 heteroatoms. The van der Waals surface area contributed by atoms with Gasteiger partial charge in [0.15, 0.2) is 6.10 Å². The highest BCUT2D eigenvalue weighted by Crippen LogP contribution is 2.43. The van der Waals surface area contributed by atoms with Crippen molar-refractivity contribution in [2.45, 2.75) is 225 Å². The number of ether oxygens (including phenoxy) is 2. The van der Waals surface area contributed by atoms with E-state index in [1.165, 1.54) is 96.3 Å². The lowest BCUT2D eigenvalue weighted by Crippen LogP contribution is -2.37. The van der Waals surface area contributed by atoms with Crippen molar-refractivity contribution in [3.8, 4) is 0 Å². The Balaban J connectivity index is 4.17. The van der Waals surface area contributed by atoms with E-state index in [0.717, 1.165) is 89.9 Å². The van der Waals surface area contributed by atoms with Crippen LogP contribution >= 0.6 is 7.82 Å². The summed E-state index contributed by atoms with van der Waals surface area (Å²) in [6, 6.07) is 0. The number of phosphoric ester groups is 1. The molecule has 392 valence electrons. The number of likely N-dealkylation sites (N-methyl/N-ethyl adjacent to an activating group) is 1. The maximum Gasteiger partial charge on any atom is 0.472 e. The first-order valence-electron chi connectivity index (χ1n) is 27.3. The number of hydrogen-bond donors (Lipinski definition) is 1. The minimum absolute atomic E-state index is 0.0281. The van der Waals surface area contributed by atoms with Crippen LogP contribution in [-0.2, 0) is 32.7 Å². The molecule has 68 heavy (non-hydrogen) atoms. The number of carbonyl (C=O) groups excluding carboxylic acids is 2. The van der Waals surface area contributed by atoms with E-state index >= 15 is 0 Å². The first-order valence-corrected chi connectivity index (χ1v) is 28.8. The molecule has 2 unspecified atom stereocenters. The fraction of sp³-hybridized carbons (Fsp3) is 0.724. The average Bonchev–Trinajstić information content (AvgIpc) is 3.30. The van der Waals surface area contributed by atoms with Gasteiger partial charge in [0.05, 0.1) is 27.7 Å². The van der Waals surface area contributed by atoms with Gasteiger partial charge < -0.3 is 18.9 Å².